The second kappa shape index (κ2) is 9.16. The molecule has 2 aromatic carbocycles. The van der Waals surface area contributed by atoms with Gasteiger partial charge in [0.05, 0.1) is 6.61 Å². The minimum atomic E-state index is -0.397. The van der Waals surface area contributed by atoms with Crippen molar-refractivity contribution >= 4 is 12.0 Å². The van der Waals surface area contributed by atoms with Gasteiger partial charge in [-0.25, -0.2) is 0 Å². The number of hydrogen-bond acceptors (Lipinski definition) is 3. The smallest absolute Gasteiger partial charge is 0.262 e. The zero-order valence-electron chi connectivity index (χ0n) is 13.7. The molecule has 2 rings (SSSR count). The molecule has 0 radical (unpaired) electrons. The van der Waals surface area contributed by atoms with E-state index >= 15 is 0 Å². The van der Waals surface area contributed by atoms with Crippen LogP contribution in [0.2, 0.25) is 0 Å². The Hall–Kier alpha value is -3.06. The summed E-state index contributed by atoms with van der Waals surface area (Å²) < 4.78 is 5.66. The SMILES string of the molecule is CCCOc1ccccc1/C=C(\C#N)C(=O)NCc1ccccc1. The maximum atomic E-state index is 12.2. The average Bonchev–Trinajstić information content (AvgIpc) is 2.64. The summed E-state index contributed by atoms with van der Waals surface area (Å²) in [6, 6.07) is 18.9. The molecule has 0 aromatic heterocycles. The van der Waals surface area contributed by atoms with E-state index in [2.05, 4.69) is 5.32 Å². The van der Waals surface area contributed by atoms with Gasteiger partial charge in [0, 0.05) is 12.1 Å². The van der Waals surface area contributed by atoms with E-state index in [1.54, 1.807) is 6.08 Å². The standard InChI is InChI=1S/C20H20N2O2/c1-2-12-24-19-11-7-6-10-17(19)13-18(14-21)20(23)22-15-16-8-4-3-5-9-16/h3-11,13H,2,12,15H2,1H3,(H,22,23)/b18-13+. The lowest BCUT2D eigenvalue weighted by molar-refractivity contribution is -0.117. The van der Waals surface area contributed by atoms with Crippen molar-refractivity contribution in [1.82, 2.24) is 5.32 Å². The molecule has 0 atom stereocenters. The lowest BCUT2D eigenvalue weighted by atomic mass is 10.1. The van der Waals surface area contributed by atoms with E-state index in [4.69, 9.17) is 4.74 Å². The maximum absolute atomic E-state index is 12.2. The van der Waals surface area contributed by atoms with Gasteiger partial charge in [0.25, 0.3) is 5.91 Å². The molecular weight excluding hydrogens is 300 g/mol. The van der Waals surface area contributed by atoms with Gasteiger partial charge in [-0.05, 0) is 24.1 Å². The Balaban J connectivity index is 2.11. The highest BCUT2D eigenvalue weighted by Crippen LogP contribution is 2.21. The summed E-state index contributed by atoms with van der Waals surface area (Å²) in [6.45, 7) is 3.00. The van der Waals surface area contributed by atoms with Crippen molar-refractivity contribution in [1.29, 1.82) is 5.26 Å². The zero-order valence-corrected chi connectivity index (χ0v) is 13.7. The van der Waals surface area contributed by atoms with Crippen molar-refractivity contribution in [2.75, 3.05) is 6.61 Å². The van der Waals surface area contributed by atoms with E-state index in [9.17, 15) is 10.1 Å². The molecular formula is C20H20N2O2. The minimum Gasteiger partial charge on any atom is -0.493 e. The van der Waals surface area contributed by atoms with Gasteiger partial charge in [0.1, 0.15) is 17.4 Å². The summed E-state index contributed by atoms with van der Waals surface area (Å²) in [4.78, 5) is 12.2. The van der Waals surface area contributed by atoms with Crippen LogP contribution in [-0.2, 0) is 11.3 Å². The number of amides is 1. The summed E-state index contributed by atoms with van der Waals surface area (Å²) in [6.07, 6.45) is 2.45. The number of ether oxygens (including phenoxy) is 1. The van der Waals surface area contributed by atoms with Crippen LogP contribution in [0.1, 0.15) is 24.5 Å². The number of benzene rings is 2. The van der Waals surface area contributed by atoms with Crippen LogP contribution in [0.4, 0.5) is 0 Å². The second-order valence-corrected chi connectivity index (χ2v) is 5.22. The predicted molar refractivity (Wildman–Crippen MR) is 94.1 cm³/mol. The first-order chi connectivity index (χ1) is 11.7. The highest BCUT2D eigenvalue weighted by atomic mass is 16.5. The van der Waals surface area contributed by atoms with E-state index < -0.39 is 5.91 Å². The molecule has 0 spiro atoms. The fourth-order valence-electron chi connectivity index (χ4n) is 2.12. The molecule has 4 heteroatoms. The Kier molecular flexibility index (Phi) is 6.60. The van der Waals surface area contributed by atoms with E-state index in [1.165, 1.54) is 0 Å². The largest absolute Gasteiger partial charge is 0.493 e. The average molecular weight is 320 g/mol. The molecule has 0 fully saturated rings. The van der Waals surface area contributed by atoms with Gasteiger partial charge in [-0.2, -0.15) is 5.26 Å². The van der Waals surface area contributed by atoms with Gasteiger partial charge in [-0.15, -0.1) is 0 Å². The van der Waals surface area contributed by atoms with Gasteiger partial charge >= 0.3 is 0 Å². The molecule has 122 valence electrons. The van der Waals surface area contributed by atoms with Gasteiger partial charge in [-0.1, -0.05) is 55.5 Å². The highest BCUT2D eigenvalue weighted by molar-refractivity contribution is 6.01. The van der Waals surface area contributed by atoms with Crippen molar-refractivity contribution in [3.05, 3.63) is 71.3 Å². The molecule has 4 nitrogen and oxygen atoms in total. The van der Waals surface area contributed by atoms with E-state index in [1.807, 2.05) is 67.6 Å². The normalized spacial score (nSPS) is 10.8. The number of rotatable bonds is 7. The summed E-state index contributed by atoms with van der Waals surface area (Å²) >= 11 is 0. The zero-order chi connectivity index (χ0) is 17.2. The van der Waals surface area contributed by atoms with Gasteiger partial charge in [-0.3, -0.25) is 4.79 Å². The van der Waals surface area contributed by atoms with Crippen LogP contribution in [0, 0.1) is 11.3 Å². The van der Waals surface area contributed by atoms with Gasteiger partial charge in [0.15, 0.2) is 0 Å². The number of para-hydroxylation sites is 1. The number of nitrogens with one attached hydrogen (secondary N) is 1. The van der Waals surface area contributed by atoms with Crippen LogP contribution in [0.15, 0.2) is 60.2 Å². The molecule has 0 heterocycles. The number of nitrogens with zero attached hydrogens (tertiary/aromatic N) is 1. The summed E-state index contributed by atoms with van der Waals surface area (Å²) in [7, 11) is 0. The molecule has 0 saturated heterocycles. The molecule has 0 aliphatic heterocycles. The second-order valence-electron chi connectivity index (χ2n) is 5.22. The van der Waals surface area contributed by atoms with E-state index in [0.717, 1.165) is 17.5 Å². The van der Waals surface area contributed by atoms with Crippen LogP contribution in [0.5, 0.6) is 5.75 Å². The Bertz CT molecular complexity index is 746. The monoisotopic (exact) mass is 320 g/mol. The molecule has 24 heavy (non-hydrogen) atoms. The first-order valence-corrected chi connectivity index (χ1v) is 7.90. The first-order valence-electron chi connectivity index (χ1n) is 7.90. The van der Waals surface area contributed by atoms with Crippen molar-refractivity contribution in [2.45, 2.75) is 19.9 Å². The molecule has 0 aliphatic carbocycles. The molecule has 0 saturated carbocycles. The number of carbonyl (C=O) groups is 1. The van der Waals surface area contributed by atoms with Crippen LogP contribution in [-0.4, -0.2) is 12.5 Å². The predicted octanol–water partition coefficient (Wildman–Crippen LogP) is 3.70. The third-order valence-electron chi connectivity index (χ3n) is 3.34. The Morgan fingerprint density at radius 2 is 1.88 bits per heavy atom. The van der Waals surface area contributed by atoms with E-state index in [0.29, 0.717) is 18.9 Å². The van der Waals surface area contributed by atoms with Crippen molar-refractivity contribution in [3.63, 3.8) is 0 Å². The number of nitriles is 1. The number of hydrogen-bond donors (Lipinski definition) is 1. The van der Waals surface area contributed by atoms with Crippen LogP contribution < -0.4 is 10.1 Å². The highest BCUT2D eigenvalue weighted by Gasteiger charge is 2.10. The quantitative estimate of drug-likeness (QED) is 0.625. The Labute approximate surface area is 142 Å². The number of carbonyl (C=O) groups excluding carboxylic acids is 1. The lowest BCUT2D eigenvalue weighted by Crippen LogP contribution is -2.23. The lowest BCUT2D eigenvalue weighted by Gasteiger charge is -2.09. The Morgan fingerprint density at radius 3 is 2.58 bits per heavy atom. The topological polar surface area (TPSA) is 62.1 Å². The van der Waals surface area contributed by atoms with E-state index in [-0.39, 0.29) is 5.57 Å². The fraction of sp³-hybridized carbons (Fsp3) is 0.200. The minimum absolute atomic E-state index is 0.0541. The summed E-state index contributed by atoms with van der Waals surface area (Å²) in [5.74, 6) is 0.273. The molecule has 2 aromatic rings. The third-order valence-corrected chi connectivity index (χ3v) is 3.34. The third kappa shape index (κ3) is 4.99. The summed E-state index contributed by atoms with van der Waals surface area (Å²) in [5.41, 5.74) is 1.76. The van der Waals surface area contributed by atoms with Gasteiger partial charge < -0.3 is 10.1 Å². The fourth-order valence-corrected chi connectivity index (χ4v) is 2.12. The van der Waals surface area contributed by atoms with Crippen LogP contribution in [0.3, 0.4) is 0 Å². The van der Waals surface area contributed by atoms with Gasteiger partial charge in [0.2, 0.25) is 0 Å². The maximum Gasteiger partial charge on any atom is 0.262 e. The molecule has 0 aliphatic rings. The van der Waals surface area contributed by atoms with Crippen LogP contribution in [0.25, 0.3) is 6.08 Å². The van der Waals surface area contributed by atoms with Crippen LogP contribution >= 0.6 is 0 Å². The molecule has 0 unspecified atom stereocenters. The first kappa shape index (κ1) is 17.3. The molecule has 1 N–H and O–H groups in total. The Morgan fingerprint density at radius 1 is 1.17 bits per heavy atom. The molecule has 1 amide bonds. The van der Waals surface area contributed by atoms with Crippen molar-refractivity contribution < 1.29 is 9.53 Å². The van der Waals surface area contributed by atoms with Crippen molar-refractivity contribution in [3.8, 4) is 11.8 Å². The van der Waals surface area contributed by atoms with Crippen molar-refractivity contribution in [2.24, 2.45) is 0 Å². The summed E-state index contributed by atoms with van der Waals surface area (Å²) in [5, 5.41) is 12.1. The molecule has 0 bridgehead atoms.